The molecule has 6 heteroatoms. The molecular weight excluding hydrogens is 356 g/mol. The number of amides is 2. The van der Waals surface area contributed by atoms with Crippen LogP contribution in [0.3, 0.4) is 0 Å². The van der Waals surface area contributed by atoms with Gasteiger partial charge in [-0.1, -0.05) is 24.3 Å². The van der Waals surface area contributed by atoms with Crippen LogP contribution in [0.4, 0.5) is 5.69 Å². The molecule has 4 rings (SSSR count). The molecule has 2 aromatic rings. The number of para-hydroxylation sites is 1. The van der Waals surface area contributed by atoms with Crippen molar-refractivity contribution < 1.29 is 19.1 Å². The number of carbonyl (C=O) groups excluding carboxylic acids is 2. The standard InChI is InChI=1S/C22H24N2O4/c1-27-19-5-3-2-4-18(19)22(9-12-28-13-10-22)21(26)24-16-7-6-15-8-11-23-20(25)17(15)14-16/h2-7,14H,8-13H2,1H3,(H,23,25)(H,24,26). The number of methoxy groups -OCH3 is 1. The van der Waals surface area contributed by atoms with Crippen molar-refractivity contribution >= 4 is 17.5 Å². The van der Waals surface area contributed by atoms with Gasteiger partial charge in [0, 0.05) is 36.6 Å². The number of hydrogen-bond acceptors (Lipinski definition) is 4. The SMILES string of the molecule is COc1ccccc1C1(C(=O)Nc2ccc3c(c2)C(=O)NCC3)CCOCC1. The highest BCUT2D eigenvalue weighted by atomic mass is 16.5. The summed E-state index contributed by atoms with van der Waals surface area (Å²) < 4.78 is 11.1. The molecule has 146 valence electrons. The van der Waals surface area contributed by atoms with Gasteiger partial charge in [0.05, 0.1) is 12.5 Å². The maximum Gasteiger partial charge on any atom is 0.251 e. The van der Waals surface area contributed by atoms with Crippen molar-refractivity contribution in [2.24, 2.45) is 0 Å². The molecule has 2 aliphatic rings. The Kier molecular flexibility index (Phi) is 5.05. The Morgan fingerprint density at radius 2 is 1.96 bits per heavy atom. The van der Waals surface area contributed by atoms with Crippen molar-refractivity contribution in [2.75, 3.05) is 32.2 Å². The first-order chi connectivity index (χ1) is 13.6. The molecule has 0 aromatic heterocycles. The molecule has 0 atom stereocenters. The van der Waals surface area contributed by atoms with Gasteiger partial charge >= 0.3 is 0 Å². The first kappa shape index (κ1) is 18.5. The van der Waals surface area contributed by atoms with Crippen molar-refractivity contribution in [3.05, 3.63) is 59.2 Å². The predicted octanol–water partition coefficient (Wildman–Crippen LogP) is 2.67. The number of hydrogen-bond donors (Lipinski definition) is 2. The Morgan fingerprint density at radius 1 is 1.18 bits per heavy atom. The van der Waals surface area contributed by atoms with Gasteiger partial charge in [0.1, 0.15) is 5.75 Å². The second-order valence-corrected chi connectivity index (χ2v) is 7.23. The average molecular weight is 380 g/mol. The molecule has 1 saturated heterocycles. The zero-order chi connectivity index (χ0) is 19.6. The largest absolute Gasteiger partial charge is 0.496 e. The van der Waals surface area contributed by atoms with E-state index < -0.39 is 5.41 Å². The predicted molar refractivity (Wildman–Crippen MR) is 106 cm³/mol. The third kappa shape index (κ3) is 3.24. The lowest BCUT2D eigenvalue weighted by molar-refractivity contribution is -0.125. The molecule has 6 nitrogen and oxygen atoms in total. The van der Waals surface area contributed by atoms with Crippen molar-refractivity contribution in [2.45, 2.75) is 24.7 Å². The maximum atomic E-state index is 13.5. The molecule has 0 spiro atoms. The molecule has 0 saturated carbocycles. The number of ether oxygens (including phenoxy) is 2. The van der Waals surface area contributed by atoms with E-state index in [4.69, 9.17) is 9.47 Å². The zero-order valence-electron chi connectivity index (χ0n) is 15.9. The number of fused-ring (bicyclic) bond motifs is 1. The minimum absolute atomic E-state index is 0.0946. The lowest BCUT2D eigenvalue weighted by atomic mass is 9.73. The Morgan fingerprint density at radius 3 is 2.75 bits per heavy atom. The number of anilines is 1. The maximum absolute atomic E-state index is 13.5. The third-order valence-corrected chi connectivity index (χ3v) is 5.70. The van der Waals surface area contributed by atoms with E-state index in [-0.39, 0.29) is 11.8 Å². The first-order valence-corrected chi connectivity index (χ1v) is 9.58. The van der Waals surface area contributed by atoms with E-state index in [9.17, 15) is 9.59 Å². The van der Waals surface area contributed by atoms with Crippen LogP contribution in [0.5, 0.6) is 5.75 Å². The third-order valence-electron chi connectivity index (χ3n) is 5.70. The number of nitrogens with one attached hydrogen (secondary N) is 2. The van der Waals surface area contributed by atoms with Crippen LogP contribution in [-0.2, 0) is 21.4 Å². The second kappa shape index (κ2) is 7.64. The van der Waals surface area contributed by atoms with Crippen LogP contribution in [0.25, 0.3) is 0 Å². The van der Waals surface area contributed by atoms with Crippen LogP contribution in [0.2, 0.25) is 0 Å². The van der Waals surface area contributed by atoms with Crippen LogP contribution < -0.4 is 15.4 Å². The van der Waals surface area contributed by atoms with Crippen molar-refractivity contribution in [3.63, 3.8) is 0 Å². The molecular formula is C22H24N2O4. The molecule has 0 aliphatic carbocycles. The molecule has 28 heavy (non-hydrogen) atoms. The van der Waals surface area contributed by atoms with Crippen LogP contribution >= 0.6 is 0 Å². The van der Waals surface area contributed by atoms with Crippen molar-refractivity contribution in [1.29, 1.82) is 0 Å². The summed E-state index contributed by atoms with van der Waals surface area (Å²) in [7, 11) is 1.62. The van der Waals surface area contributed by atoms with Gasteiger partial charge in [-0.15, -0.1) is 0 Å². The van der Waals surface area contributed by atoms with Gasteiger partial charge in [0.2, 0.25) is 5.91 Å². The number of rotatable bonds is 4. The van der Waals surface area contributed by atoms with Gasteiger partial charge in [-0.2, -0.15) is 0 Å². The minimum Gasteiger partial charge on any atom is -0.496 e. The molecule has 0 unspecified atom stereocenters. The number of benzene rings is 2. The fourth-order valence-electron chi connectivity index (χ4n) is 4.12. The van der Waals surface area contributed by atoms with Gasteiger partial charge in [0.15, 0.2) is 0 Å². The van der Waals surface area contributed by atoms with Gasteiger partial charge in [-0.3, -0.25) is 9.59 Å². The van der Waals surface area contributed by atoms with Gasteiger partial charge < -0.3 is 20.1 Å². The van der Waals surface area contributed by atoms with E-state index in [2.05, 4.69) is 10.6 Å². The van der Waals surface area contributed by atoms with Crippen molar-refractivity contribution in [1.82, 2.24) is 5.32 Å². The summed E-state index contributed by atoms with van der Waals surface area (Å²) in [5.74, 6) is 0.503. The van der Waals surface area contributed by atoms with Gasteiger partial charge in [-0.25, -0.2) is 0 Å². The summed E-state index contributed by atoms with van der Waals surface area (Å²) in [6, 6.07) is 13.2. The summed E-state index contributed by atoms with van der Waals surface area (Å²) in [5, 5.41) is 5.89. The lowest BCUT2D eigenvalue weighted by Gasteiger charge is -2.37. The Balaban J connectivity index is 1.67. The van der Waals surface area contributed by atoms with Crippen LogP contribution in [0.15, 0.2) is 42.5 Å². The highest BCUT2D eigenvalue weighted by Crippen LogP contribution is 2.40. The summed E-state index contributed by atoms with van der Waals surface area (Å²) in [6.45, 7) is 1.67. The molecule has 2 aromatic carbocycles. The Labute approximate surface area is 164 Å². The van der Waals surface area contributed by atoms with Crippen LogP contribution in [-0.4, -0.2) is 38.7 Å². The Bertz CT molecular complexity index is 903. The monoisotopic (exact) mass is 380 g/mol. The topological polar surface area (TPSA) is 76.7 Å². The van der Waals surface area contributed by atoms with E-state index in [0.29, 0.717) is 49.6 Å². The second-order valence-electron chi connectivity index (χ2n) is 7.23. The van der Waals surface area contributed by atoms with E-state index in [1.807, 2.05) is 36.4 Å². The van der Waals surface area contributed by atoms with Crippen LogP contribution in [0, 0.1) is 0 Å². The fraction of sp³-hybridized carbons (Fsp3) is 0.364. The summed E-state index contributed by atoms with van der Waals surface area (Å²) in [4.78, 5) is 25.6. The van der Waals surface area contributed by atoms with Gasteiger partial charge in [0.25, 0.3) is 5.91 Å². The first-order valence-electron chi connectivity index (χ1n) is 9.58. The van der Waals surface area contributed by atoms with Crippen LogP contribution in [0.1, 0.15) is 34.3 Å². The molecule has 0 bridgehead atoms. The highest BCUT2D eigenvalue weighted by Gasteiger charge is 2.43. The smallest absolute Gasteiger partial charge is 0.251 e. The zero-order valence-corrected chi connectivity index (χ0v) is 15.9. The highest BCUT2D eigenvalue weighted by molar-refractivity contribution is 6.02. The average Bonchev–Trinajstić information content (AvgIpc) is 2.74. The summed E-state index contributed by atoms with van der Waals surface area (Å²) >= 11 is 0. The normalized spacial score (nSPS) is 18.0. The molecule has 2 N–H and O–H groups in total. The summed E-state index contributed by atoms with van der Waals surface area (Å²) in [5.41, 5.74) is 2.40. The number of carbonyl (C=O) groups is 2. The quantitative estimate of drug-likeness (QED) is 0.855. The lowest BCUT2D eigenvalue weighted by Crippen LogP contribution is -2.45. The molecule has 2 amide bonds. The van der Waals surface area contributed by atoms with E-state index in [0.717, 1.165) is 17.5 Å². The molecule has 1 fully saturated rings. The molecule has 2 aliphatic heterocycles. The Hall–Kier alpha value is -2.86. The van der Waals surface area contributed by atoms with Crippen molar-refractivity contribution in [3.8, 4) is 5.75 Å². The molecule has 2 heterocycles. The molecule has 0 radical (unpaired) electrons. The summed E-state index contributed by atoms with van der Waals surface area (Å²) in [6.07, 6.45) is 1.95. The minimum atomic E-state index is -0.733. The fourth-order valence-corrected chi connectivity index (χ4v) is 4.12. The van der Waals surface area contributed by atoms with Gasteiger partial charge in [-0.05, 0) is 43.0 Å². The van der Waals surface area contributed by atoms with E-state index in [1.54, 1.807) is 13.2 Å². The van der Waals surface area contributed by atoms with E-state index in [1.165, 1.54) is 0 Å². The van der Waals surface area contributed by atoms with E-state index >= 15 is 0 Å².